The van der Waals surface area contributed by atoms with Gasteiger partial charge in [-0.25, -0.2) is 0 Å². The van der Waals surface area contributed by atoms with Crippen molar-refractivity contribution in [2.45, 2.75) is 32.4 Å². The van der Waals surface area contributed by atoms with E-state index in [0.29, 0.717) is 6.54 Å². The zero-order valence-corrected chi connectivity index (χ0v) is 13.4. The molecule has 0 aliphatic heterocycles. The molecular weight excluding hydrogens is 292 g/mol. The van der Waals surface area contributed by atoms with Crippen LogP contribution in [0.25, 0.3) is 0 Å². The SMILES string of the molecule is CC(NC(=O)C(C)N(C)CCC(=O)O)c1ccccc1.Cl. The van der Waals surface area contributed by atoms with Crippen molar-refractivity contribution >= 4 is 24.3 Å². The number of likely N-dealkylation sites (N-methyl/N-ethyl adjacent to an activating group) is 1. The van der Waals surface area contributed by atoms with Crippen LogP contribution >= 0.6 is 12.4 Å². The molecule has 1 aromatic rings. The Balaban J connectivity index is 0.00000400. The zero-order valence-electron chi connectivity index (χ0n) is 12.6. The molecule has 2 N–H and O–H groups in total. The number of rotatable bonds is 7. The topological polar surface area (TPSA) is 69.6 Å². The van der Waals surface area contributed by atoms with Crippen molar-refractivity contribution in [1.29, 1.82) is 0 Å². The summed E-state index contributed by atoms with van der Waals surface area (Å²) in [5.74, 6) is -0.962. The predicted octanol–water partition coefficient (Wildman–Crippen LogP) is 2.08. The Hall–Kier alpha value is -1.59. The molecule has 0 aliphatic carbocycles. The average molecular weight is 315 g/mol. The highest BCUT2D eigenvalue weighted by Crippen LogP contribution is 2.11. The number of halogens is 1. The number of amides is 1. The summed E-state index contributed by atoms with van der Waals surface area (Å²) in [6.07, 6.45) is 0.0301. The molecule has 6 heteroatoms. The highest BCUT2D eigenvalue weighted by Gasteiger charge is 2.20. The molecule has 118 valence electrons. The lowest BCUT2D eigenvalue weighted by atomic mass is 10.1. The summed E-state index contributed by atoms with van der Waals surface area (Å²) in [6.45, 7) is 4.05. The van der Waals surface area contributed by atoms with Gasteiger partial charge in [0.15, 0.2) is 0 Å². The molecule has 0 spiro atoms. The number of nitrogens with zero attached hydrogens (tertiary/aromatic N) is 1. The van der Waals surface area contributed by atoms with Crippen LogP contribution in [0.15, 0.2) is 30.3 Å². The van der Waals surface area contributed by atoms with Gasteiger partial charge >= 0.3 is 5.97 Å². The summed E-state index contributed by atoms with van der Waals surface area (Å²) >= 11 is 0. The van der Waals surface area contributed by atoms with Crippen LogP contribution in [-0.2, 0) is 9.59 Å². The molecule has 0 fully saturated rings. The number of carboxylic acid groups (broad SMARTS) is 1. The number of hydrogen-bond donors (Lipinski definition) is 2. The van der Waals surface area contributed by atoms with E-state index in [9.17, 15) is 9.59 Å². The molecule has 1 rings (SSSR count). The van der Waals surface area contributed by atoms with Crippen molar-refractivity contribution < 1.29 is 14.7 Å². The van der Waals surface area contributed by atoms with Crippen LogP contribution in [0.5, 0.6) is 0 Å². The molecule has 0 bridgehead atoms. The Morgan fingerprint density at radius 3 is 2.33 bits per heavy atom. The second kappa shape index (κ2) is 9.37. The van der Waals surface area contributed by atoms with E-state index in [4.69, 9.17) is 5.11 Å². The summed E-state index contributed by atoms with van der Waals surface area (Å²) in [5.41, 5.74) is 1.04. The van der Waals surface area contributed by atoms with E-state index in [1.165, 1.54) is 0 Å². The summed E-state index contributed by atoms with van der Waals surface area (Å²) in [6, 6.07) is 9.29. The molecule has 1 aromatic carbocycles. The van der Waals surface area contributed by atoms with Gasteiger partial charge in [0.2, 0.25) is 5.91 Å². The van der Waals surface area contributed by atoms with E-state index in [-0.39, 0.29) is 36.8 Å². The molecule has 1 amide bonds. The van der Waals surface area contributed by atoms with Crippen LogP contribution in [0.4, 0.5) is 0 Å². The van der Waals surface area contributed by atoms with Gasteiger partial charge in [0.1, 0.15) is 0 Å². The molecule has 2 unspecified atom stereocenters. The van der Waals surface area contributed by atoms with Gasteiger partial charge in [-0.15, -0.1) is 12.4 Å². The minimum atomic E-state index is -0.859. The maximum atomic E-state index is 12.1. The van der Waals surface area contributed by atoms with Gasteiger partial charge in [0.25, 0.3) is 0 Å². The number of carboxylic acids is 1. The largest absolute Gasteiger partial charge is 0.481 e. The number of benzene rings is 1. The van der Waals surface area contributed by atoms with E-state index in [2.05, 4.69) is 5.32 Å². The third kappa shape index (κ3) is 6.60. The number of hydrogen-bond acceptors (Lipinski definition) is 3. The van der Waals surface area contributed by atoms with Crippen molar-refractivity contribution in [3.8, 4) is 0 Å². The van der Waals surface area contributed by atoms with Gasteiger partial charge in [-0.3, -0.25) is 14.5 Å². The number of carbonyl (C=O) groups is 2. The second-order valence-electron chi connectivity index (χ2n) is 4.94. The molecule has 0 heterocycles. The molecule has 0 radical (unpaired) electrons. The van der Waals surface area contributed by atoms with Crippen LogP contribution < -0.4 is 5.32 Å². The molecular formula is C15H23ClN2O3. The van der Waals surface area contributed by atoms with Gasteiger partial charge in [-0.2, -0.15) is 0 Å². The van der Waals surface area contributed by atoms with Crippen LogP contribution in [-0.4, -0.2) is 41.5 Å². The van der Waals surface area contributed by atoms with E-state index >= 15 is 0 Å². The standard InChI is InChI=1S/C15H22N2O3.ClH/c1-11(13-7-5-4-6-8-13)16-15(20)12(2)17(3)10-9-14(18)19;/h4-8,11-12H,9-10H2,1-3H3,(H,16,20)(H,18,19);1H. The third-order valence-electron chi connectivity index (χ3n) is 3.38. The monoisotopic (exact) mass is 314 g/mol. The van der Waals surface area contributed by atoms with E-state index in [0.717, 1.165) is 5.56 Å². The molecule has 2 atom stereocenters. The molecule has 0 aliphatic rings. The first kappa shape index (κ1) is 19.4. The Bertz CT molecular complexity index is 453. The van der Waals surface area contributed by atoms with Crippen LogP contribution in [0.2, 0.25) is 0 Å². The van der Waals surface area contributed by atoms with Gasteiger partial charge in [0.05, 0.1) is 18.5 Å². The maximum absolute atomic E-state index is 12.1. The first-order valence-electron chi connectivity index (χ1n) is 6.69. The van der Waals surface area contributed by atoms with Crippen molar-refractivity contribution in [2.75, 3.05) is 13.6 Å². The fraction of sp³-hybridized carbons (Fsp3) is 0.467. The lowest BCUT2D eigenvalue weighted by Crippen LogP contribution is -2.44. The number of carbonyl (C=O) groups excluding carboxylic acids is 1. The lowest BCUT2D eigenvalue weighted by molar-refractivity contribution is -0.138. The molecule has 0 saturated heterocycles. The van der Waals surface area contributed by atoms with Crippen LogP contribution in [0, 0.1) is 0 Å². The van der Waals surface area contributed by atoms with Gasteiger partial charge in [0, 0.05) is 6.54 Å². The third-order valence-corrected chi connectivity index (χ3v) is 3.38. The molecule has 5 nitrogen and oxygen atoms in total. The lowest BCUT2D eigenvalue weighted by Gasteiger charge is -2.25. The van der Waals surface area contributed by atoms with Crippen molar-refractivity contribution in [1.82, 2.24) is 10.2 Å². The fourth-order valence-electron chi connectivity index (χ4n) is 1.82. The van der Waals surface area contributed by atoms with E-state index in [1.54, 1.807) is 18.9 Å². The van der Waals surface area contributed by atoms with Crippen LogP contribution in [0.3, 0.4) is 0 Å². The minimum absolute atomic E-state index is 0. The summed E-state index contributed by atoms with van der Waals surface area (Å²) in [7, 11) is 1.75. The summed E-state index contributed by atoms with van der Waals surface area (Å²) in [5, 5.41) is 11.6. The smallest absolute Gasteiger partial charge is 0.304 e. The normalized spacial score (nSPS) is 13.1. The van der Waals surface area contributed by atoms with E-state index in [1.807, 2.05) is 37.3 Å². The Morgan fingerprint density at radius 2 is 1.81 bits per heavy atom. The Kier molecular flexibility index (Phi) is 8.66. The first-order valence-corrected chi connectivity index (χ1v) is 6.69. The molecule has 0 aromatic heterocycles. The second-order valence-corrected chi connectivity index (χ2v) is 4.94. The Labute approximate surface area is 131 Å². The summed E-state index contributed by atoms with van der Waals surface area (Å²) in [4.78, 5) is 24.4. The highest BCUT2D eigenvalue weighted by atomic mass is 35.5. The fourth-order valence-corrected chi connectivity index (χ4v) is 1.82. The van der Waals surface area contributed by atoms with Gasteiger partial charge in [-0.1, -0.05) is 30.3 Å². The van der Waals surface area contributed by atoms with Crippen molar-refractivity contribution in [3.05, 3.63) is 35.9 Å². The van der Waals surface area contributed by atoms with Crippen molar-refractivity contribution in [2.24, 2.45) is 0 Å². The average Bonchev–Trinajstić information content (AvgIpc) is 2.44. The van der Waals surface area contributed by atoms with Crippen LogP contribution in [0.1, 0.15) is 31.9 Å². The minimum Gasteiger partial charge on any atom is -0.481 e. The van der Waals surface area contributed by atoms with Gasteiger partial charge < -0.3 is 10.4 Å². The zero-order chi connectivity index (χ0) is 15.1. The summed E-state index contributed by atoms with van der Waals surface area (Å²) < 4.78 is 0. The van der Waals surface area contributed by atoms with E-state index < -0.39 is 5.97 Å². The molecule has 0 saturated carbocycles. The predicted molar refractivity (Wildman–Crippen MR) is 84.6 cm³/mol. The quantitative estimate of drug-likeness (QED) is 0.808. The Morgan fingerprint density at radius 1 is 1.24 bits per heavy atom. The van der Waals surface area contributed by atoms with Gasteiger partial charge in [-0.05, 0) is 26.5 Å². The number of nitrogens with one attached hydrogen (secondary N) is 1. The molecule has 21 heavy (non-hydrogen) atoms. The van der Waals surface area contributed by atoms with Crippen molar-refractivity contribution in [3.63, 3.8) is 0 Å². The maximum Gasteiger partial charge on any atom is 0.304 e. The highest BCUT2D eigenvalue weighted by molar-refractivity contribution is 5.85. The number of aliphatic carboxylic acids is 1. The first-order chi connectivity index (χ1) is 9.41.